The molecular weight excluding hydrogens is 326 g/mol. The lowest BCUT2D eigenvalue weighted by molar-refractivity contribution is -0.0426. The molecule has 0 aliphatic heterocycles. The summed E-state index contributed by atoms with van der Waals surface area (Å²) in [4.78, 5) is 0.437. The Kier molecular flexibility index (Phi) is 6.93. The number of hydrogen-bond acceptors (Lipinski definition) is 5. The number of ether oxygens (including phenoxy) is 1. The average molecular weight is 349 g/mol. The molecule has 2 aromatic rings. The zero-order chi connectivity index (χ0) is 17.4. The van der Waals surface area contributed by atoms with Crippen LogP contribution in [-0.2, 0) is 21.1 Å². The Morgan fingerprint density at radius 3 is 2.17 bits per heavy atom. The molecule has 0 spiro atoms. The molecule has 0 aliphatic rings. The third kappa shape index (κ3) is 5.72. The lowest BCUT2D eigenvalue weighted by atomic mass is 10.1. The van der Waals surface area contributed by atoms with Crippen LogP contribution in [0.5, 0.6) is 0 Å². The van der Waals surface area contributed by atoms with Gasteiger partial charge in [-0.2, -0.15) is 0 Å². The molecule has 0 fully saturated rings. The number of aliphatic hydroxyl groups excluding tert-OH is 2. The molecule has 0 saturated carbocycles. The third-order valence-corrected chi connectivity index (χ3v) is 5.51. The molecule has 0 aliphatic carbocycles. The Morgan fingerprint density at radius 1 is 0.958 bits per heavy atom. The molecule has 0 amide bonds. The molecule has 2 rings (SSSR count). The van der Waals surface area contributed by atoms with E-state index in [1.807, 2.05) is 30.3 Å². The highest BCUT2D eigenvalue weighted by Crippen LogP contribution is 2.14. The Hall–Kier alpha value is -1.73. The van der Waals surface area contributed by atoms with Gasteiger partial charge in [-0.15, -0.1) is 0 Å². The van der Waals surface area contributed by atoms with Crippen LogP contribution in [0.4, 0.5) is 0 Å². The maximum atomic E-state index is 12.4. The van der Waals surface area contributed by atoms with Crippen LogP contribution in [0.2, 0.25) is 0 Å². The van der Waals surface area contributed by atoms with E-state index in [9.17, 15) is 14.4 Å². The van der Waals surface area contributed by atoms with Gasteiger partial charge in [0.15, 0.2) is 0 Å². The summed E-state index contributed by atoms with van der Waals surface area (Å²) in [6.45, 7) is 0.338. The second-order valence-corrected chi connectivity index (χ2v) is 7.85. The normalized spacial score (nSPS) is 16.2. The molecule has 24 heavy (non-hydrogen) atoms. The van der Waals surface area contributed by atoms with Gasteiger partial charge in [-0.3, -0.25) is 0 Å². The van der Waals surface area contributed by atoms with Crippen LogP contribution in [0.15, 0.2) is 65.6 Å². The van der Waals surface area contributed by atoms with Gasteiger partial charge in [0.25, 0.3) is 0 Å². The van der Waals surface area contributed by atoms with Crippen LogP contribution in [0, 0.1) is 4.78 Å². The molecule has 1 unspecified atom stereocenters. The molecule has 0 heterocycles. The molecule has 0 bridgehead atoms. The van der Waals surface area contributed by atoms with E-state index in [1.54, 1.807) is 30.3 Å². The van der Waals surface area contributed by atoms with Crippen molar-refractivity contribution in [3.63, 3.8) is 0 Å². The van der Waals surface area contributed by atoms with E-state index in [-0.39, 0.29) is 18.8 Å². The fourth-order valence-electron chi connectivity index (χ4n) is 2.22. The fraction of sp³-hybridized carbons (Fsp3) is 0.333. The largest absolute Gasteiger partial charge is 0.390 e. The molecule has 0 aromatic heterocycles. The maximum Gasteiger partial charge on any atom is 0.103 e. The summed E-state index contributed by atoms with van der Waals surface area (Å²) in [6.07, 6.45) is -2.07. The van der Waals surface area contributed by atoms with Crippen molar-refractivity contribution in [1.29, 1.82) is 4.78 Å². The fourth-order valence-corrected chi connectivity index (χ4v) is 3.63. The van der Waals surface area contributed by atoms with Gasteiger partial charge in [0, 0.05) is 10.6 Å². The summed E-state index contributed by atoms with van der Waals surface area (Å²) in [6, 6.07) is 18.1. The van der Waals surface area contributed by atoms with Crippen LogP contribution in [0.3, 0.4) is 0 Å². The van der Waals surface area contributed by atoms with Crippen LogP contribution >= 0.6 is 0 Å². The quantitative estimate of drug-likeness (QED) is 0.648. The average Bonchev–Trinajstić information content (AvgIpc) is 2.61. The van der Waals surface area contributed by atoms with Crippen molar-refractivity contribution < 1.29 is 19.2 Å². The summed E-state index contributed by atoms with van der Waals surface area (Å²) >= 11 is 0. The van der Waals surface area contributed by atoms with E-state index in [4.69, 9.17) is 9.52 Å². The lowest BCUT2D eigenvalue weighted by Crippen LogP contribution is -2.32. The first-order valence-corrected chi connectivity index (χ1v) is 9.51. The van der Waals surface area contributed by atoms with E-state index in [0.717, 1.165) is 5.56 Å². The van der Waals surface area contributed by atoms with Gasteiger partial charge in [-0.05, 0) is 24.1 Å². The van der Waals surface area contributed by atoms with Gasteiger partial charge in [0.05, 0.1) is 29.0 Å². The number of hydrogen-bond donors (Lipinski definition) is 3. The summed E-state index contributed by atoms with van der Waals surface area (Å²) in [5, 5.41) is 19.9. The second-order valence-electron chi connectivity index (χ2n) is 5.62. The summed E-state index contributed by atoms with van der Waals surface area (Å²) in [5.74, 6) is -0.00603. The molecule has 0 saturated heterocycles. The Labute approximate surface area is 142 Å². The number of nitrogens with one attached hydrogen (secondary N) is 1. The van der Waals surface area contributed by atoms with Crippen molar-refractivity contribution in [2.24, 2.45) is 0 Å². The Bertz CT molecular complexity index is 704. The van der Waals surface area contributed by atoms with Crippen molar-refractivity contribution >= 4 is 9.73 Å². The number of rotatable bonds is 9. The van der Waals surface area contributed by atoms with Crippen LogP contribution in [-0.4, -0.2) is 39.0 Å². The number of benzene rings is 2. The van der Waals surface area contributed by atoms with E-state index in [2.05, 4.69) is 0 Å². The maximum absolute atomic E-state index is 12.4. The van der Waals surface area contributed by atoms with Gasteiger partial charge in [0.2, 0.25) is 0 Å². The monoisotopic (exact) mass is 349 g/mol. The smallest absolute Gasteiger partial charge is 0.103 e. The van der Waals surface area contributed by atoms with Gasteiger partial charge in [0.1, 0.15) is 6.10 Å². The zero-order valence-electron chi connectivity index (χ0n) is 13.4. The predicted molar refractivity (Wildman–Crippen MR) is 93.2 cm³/mol. The molecule has 3 atom stereocenters. The van der Waals surface area contributed by atoms with E-state index >= 15 is 0 Å². The minimum absolute atomic E-state index is 0.00603. The topological polar surface area (TPSA) is 90.6 Å². The first-order valence-electron chi connectivity index (χ1n) is 7.78. The highest BCUT2D eigenvalue weighted by Gasteiger charge is 2.19. The van der Waals surface area contributed by atoms with E-state index in [1.165, 1.54) is 0 Å². The molecular formula is C18H23NO4S. The highest BCUT2D eigenvalue weighted by molar-refractivity contribution is 7.92. The minimum atomic E-state index is -2.96. The third-order valence-electron chi connectivity index (χ3n) is 3.67. The standard InChI is InChI=1S/C18H23NO4S/c19-24(22,16-9-5-2-6-10-16)12-11-17(20)18(21)14-23-13-15-7-3-1-4-8-15/h1-10,17-21H,11-14H2/t17-,18+,24?/m1/s1. The summed E-state index contributed by atoms with van der Waals surface area (Å²) < 4.78 is 25.7. The zero-order valence-corrected chi connectivity index (χ0v) is 14.2. The minimum Gasteiger partial charge on any atom is -0.390 e. The van der Waals surface area contributed by atoms with Gasteiger partial charge < -0.3 is 14.9 Å². The number of aliphatic hydroxyl groups is 2. The van der Waals surface area contributed by atoms with E-state index in [0.29, 0.717) is 11.5 Å². The van der Waals surface area contributed by atoms with Crippen molar-refractivity contribution in [1.82, 2.24) is 0 Å². The summed E-state index contributed by atoms with van der Waals surface area (Å²) in [7, 11) is -2.96. The summed E-state index contributed by atoms with van der Waals surface area (Å²) in [5.41, 5.74) is 0.984. The highest BCUT2D eigenvalue weighted by atomic mass is 32.2. The molecule has 5 nitrogen and oxygen atoms in total. The van der Waals surface area contributed by atoms with Crippen molar-refractivity contribution in [3.8, 4) is 0 Å². The SMILES string of the molecule is N=S(=O)(CC[C@@H](O)[C@@H](O)COCc1ccccc1)c1ccccc1. The first kappa shape index (κ1) is 18.6. The van der Waals surface area contributed by atoms with Crippen LogP contribution in [0.25, 0.3) is 0 Å². The van der Waals surface area contributed by atoms with Crippen molar-refractivity contribution in [3.05, 3.63) is 66.2 Å². The molecule has 3 N–H and O–H groups in total. The van der Waals surface area contributed by atoms with Gasteiger partial charge in [-0.25, -0.2) is 8.99 Å². The molecule has 6 heteroatoms. The van der Waals surface area contributed by atoms with E-state index < -0.39 is 21.9 Å². The second kappa shape index (κ2) is 8.94. The van der Waals surface area contributed by atoms with Crippen molar-refractivity contribution in [2.45, 2.75) is 30.1 Å². The first-order chi connectivity index (χ1) is 11.5. The van der Waals surface area contributed by atoms with Gasteiger partial charge >= 0.3 is 0 Å². The predicted octanol–water partition coefficient (Wildman–Crippen LogP) is 2.42. The van der Waals surface area contributed by atoms with Gasteiger partial charge in [-0.1, -0.05) is 48.5 Å². The molecule has 0 radical (unpaired) electrons. The molecule has 2 aromatic carbocycles. The van der Waals surface area contributed by atoms with Crippen molar-refractivity contribution in [2.75, 3.05) is 12.4 Å². The lowest BCUT2D eigenvalue weighted by Gasteiger charge is -2.18. The Morgan fingerprint density at radius 2 is 1.54 bits per heavy atom. The Balaban J connectivity index is 1.76. The van der Waals surface area contributed by atoms with Crippen LogP contribution in [0.1, 0.15) is 12.0 Å². The molecule has 130 valence electrons. The van der Waals surface area contributed by atoms with Crippen LogP contribution < -0.4 is 0 Å².